The molecular weight excluding hydrogens is 248 g/mol. The van der Waals surface area contributed by atoms with Crippen LogP contribution in [0, 0.1) is 17.0 Å². The molecule has 1 heterocycles. The van der Waals surface area contributed by atoms with Gasteiger partial charge in [-0.15, -0.1) is 0 Å². The molecule has 0 aliphatic carbocycles. The zero-order chi connectivity index (χ0) is 14.0. The normalized spacial score (nSPS) is 10.2. The molecule has 0 spiro atoms. The predicted molar refractivity (Wildman–Crippen MR) is 69.0 cm³/mol. The number of aryl methyl sites for hydroxylation is 2. The van der Waals surface area contributed by atoms with E-state index in [-0.39, 0.29) is 11.3 Å². The van der Waals surface area contributed by atoms with Gasteiger partial charge in [0.25, 0.3) is 11.6 Å². The molecular formula is C12H12N4O3. The van der Waals surface area contributed by atoms with Gasteiger partial charge in [-0.05, 0) is 13.0 Å². The first-order chi connectivity index (χ1) is 8.99. The van der Waals surface area contributed by atoms with Gasteiger partial charge in [-0.1, -0.05) is 12.1 Å². The molecule has 7 nitrogen and oxygen atoms in total. The van der Waals surface area contributed by atoms with Crippen molar-refractivity contribution < 1.29 is 9.72 Å². The van der Waals surface area contributed by atoms with Crippen LogP contribution in [0.3, 0.4) is 0 Å². The summed E-state index contributed by atoms with van der Waals surface area (Å²) in [6.07, 6.45) is 1.64. The van der Waals surface area contributed by atoms with Crippen molar-refractivity contribution in [3.63, 3.8) is 0 Å². The van der Waals surface area contributed by atoms with Gasteiger partial charge < -0.3 is 5.32 Å². The Labute approximate surface area is 109 Å². The summed E-state index contributed by atoms with van der Waals surface area (Å²) in [5.74, 6) is -0.525. The molecule has 0 aliphatic rings. The van der Waals surface area contributed by atoms with Crippen molar-refractivity contribution in [3.05, 3.63) is 51.8 Å². The van der Waals surface area contributed by atoms with Gasteiger partial charge >= 0.3 is 0 Å². The number of nitro groups is 1. The molecule has 2 aromatic rings. The van der Waals surface area contributed by atoms with Crippen LogP contribution in [-0.2, 0) is 7.05 Å². The fourth-order valence-corrected chi connectivity index (χ4v) is 1.74. The molecule has 98 valence electrons. The fraction of sp³-hybridized carbons (Fsp3) is 0.167. The Kier molecular flexibility index (Phi) is 3.28. The van der Waals surface area contributed by atoms with Crippen molar-refractivity contribution in [2.75, 3.05) is 5.32 Å². The lowest BCUT2D eigenvalue weighted by molar-refractivity contribution is -0.385. The quantitative estimate of drug-likeness (QED) is 0.674. The molecule has 0 saturated heterocycles. The van der Waals surface area contributed by atoms with Crippen LogP contribution >= 0.6 is 0 Å². The third-order valence-electron chi connectivity index (χ3n) is 2.61. The number of anilines is 1. The van der Waals surface area contributed by atoms with Crippen LogP contribution in [0.15, 0.2) is 30.5 Å². The minimum Gasteiger partial charge on any atom is -0.319 e. The number of rotatable bonds is 3. The number of nitrogens with one attached hydrogen (secondary N) is 1. The highest BCUT2D eigenvalue weighted by molar-refractivity contribution is 6.07. The van der Waals surface area contributed by atoms with Crippen molar-refractivity contribution in [3.8, 4) is 0 Å². The third kappa shape index (κ3) is 2.59. The Morgan fingerprint density at radius 3 is 2.68 bits per heavy atom. The van der Waals surface area contributed by atoms with Crippen molar-refractivity contribution >= 4 is 17.3 Å². The van der Waals surface area contributed by atoms with Crippen LogP contribution in [0.4, 0.5) is 11.4 Å². The first-order valence-corrected chi connectivity index (χ1v) is 5.54. The lowest BCUT2D eigenvalue weighted by atomic mass is 10.1. The molecule has 2 rings (SSSR count). The smallest absolute Gasteiger partial charge is 0.282 e. The summed E-state index contributed by atoms with van der Waals surface area (Å²) in [6.45, 7) is 1.75. The summed E-state index contributed by atoms with van der Waals surface area (Å²) in [5.41, 5.74) is 0.984. The maximum atomic E-state index is 12.0. The number of hydrogen-bond donors (Lipinski definition) is 1. The molecule has 0 atom stereocenters. The third-order valence-corrected chi connectivity index (χ3v) is 2.61. The topological polar surface area (TPSA) is 90.1 Å². The Bertz CT molecular complexity index is 648. The van der Waals surface area contributed by atoms with E-state index in [2.05, 4.69) is 10.4 Å². The summed E-state index contributed by atoms with van der Waals surface area (Å²) >= 11 is 0. The van der Waals surface area contributed by atoms with E-state index in [4.69, 9.17) is 0 Å². The maximum Gasteiger partial charge on any atom is 0.282 e. The van der Waals surface area contributed by atoms with Crippen LogP contribution in [0.25, 0.3) is 0 Å². The molecule has 0 saturated carbocycles. The number of para-hydroxylation sites is 1. The maximum absolute atomic E-state index is 12.0. The standard InChI is InChI=1S/C12H12N4O3/c1-8-10(7-15(2)14-8)13-12(17)9-5-3-4-6-11(9)16(18)19/h3-7H,1-2H3,(H,13,17). The fourth-order valence-electron chi connectivity index (χ4n) is 1.74. The number of benzene rings is 1. The van der Waals surface area contributed by atoms with Crippen LogP contribution in [0.2, 0.25) is 0 Å². The second-order valence-corrected chi connectivity index (χ2v) is 4.03. The van der Waals surface area contributed by atoms with Gasteiger partial charge in [0.2, 0.25) is 0 Å². The molecule has 0 radical (unpaired) electrons. The number of amides is 1. The van der Waals surface area contributed by atoms with Gasteiger partial charge in [0, 0.05) is 19.3 Å². The molecule has 0 fully saturated rings. The number of aromatic nitrogens is 2. The zero-order valence-electron chi connectivity index (χ0n) is 10.5. The Balaban J connectivity index is 2.30. The number of nitrogens with zero attached hydrogens (tertiary/aromatic N) is 3. The summed E-state index contributed by atoms with van der Waals surface area (Å²) in [5, 5.41) is 17.6. The van der Waals surface area contributed by atoms with Gasteiger partial charge in [-0.3, -0.25) is 19.6 Å². The van der Waals surface area contributed by atoms with Gasteiger partial charge in [0.15, 0.2) is 0 Å². The molecule has 0 aliphatic heterocycles. The average Bonchev–Trinajstić information content (AvgIpc) is 2.67. The lowest BCUT2D eigenvalue weighted by Gasteiger charge is -2.04. The van der Waals surface area contributed by atoms with Crippen LogP contribution in [-0.4, -0.2) is 20.6 Å². The summed E-state index contributed by atoms with van der Waals surface area (Å²) < 4.78 is 1.56. The number of hydrogen-bond acceptors (Lipinski definition) is 4. The van der Waals surface area contributed by atoms with Crippen molar-refractivity contribution in [2.45, 2.75) is 6.92 Å². The van der Waals surface area contributed by atoms with Crippen LogP contribution < -0.4 is 5.32 Å². The van der Waals surface area contributed by atoms with Gasteiger partial charge in [-0.2, -0.15) is 5.10 Å². The Morgan fingerprint density at radius 1 is 1.42 bits per heavy atom. The number of carbonyl (C=O) groups excluding carboxylic acids is 1. The highest BCUT2D eigenvalue weighted by Gasteiger charge is 2.20. The number of carbonyl (C=O) groups is 1. The summed E-state index contributed by atoms with van der Waals surface area (Å²) in [6, 6.07) is 5.81. The van der Waals surface area contributed by atoms with Crippen molar-refractivity contribution in [1.82, 2.24) is 9.78 Å². The highest BCUT2D eigenvalue weighted by atomic mass is 16.6. The first kappa shape index (κ1) is 12.7. The molecule has 1 aromatic carbocycles. The van der Waals surface area contributed by atoms with Gasteiger partial charge in [0.1, 0.15) is 5.56 Å². The van der Waals surface area contributed by atoms with E-state index >= 15 is 0 Å². The highest BCUT2D eigenvalue weighted by Crippen LogP contribution is 2.20. The molecule has 1 aromatic heterocycles. The average molecular weight is 260 g/mol. The largest absolute Gasteiger partial charge is 0.319 e. The van der Waals surface area contributed by atoms with E-state index in [1.165, 1.54) is 18.2 Å². The van der Waals surface area contributed by atoms with Crippen molar-refractivity contribution in [2.24, 2.45) is 7.05 Å². The molecule has 7 heteroatoms. The summed E-state index contributed by atoms with van der Waals surface area (Å²) in [7, 11) is 1.73. The molecule has 0 bridgehead atoms. The lowest BCUT2D eigenvalue weighted by Crippen LogP contribution is -2.14. The molecule has 1 amide bonds. The van der Waals surface area contributed by atoms with Crippen LogP contribution in [0.5, 0.6) is 0 Å². The van der Waals surface area contributed by atoms with E-state index < -0.39 is 10.8 Å². The van der Waals surface area contributed by atoms with E-state index in [9.17, 15) is 14.9 Å². The van der Waals surface area contributed by atoms with Gasteiger partial charge in [-0.25, -0.2) is 0 Å². The Morgan fingerprint density at radius 2 is 2.11 bits per heavy atom. The minimum absolute atomic E-state index is 0.0238. The van der Waals surface area contributed by atoms with E-state index in [1.54, 1.807) is 30.9 Å². The molecule has 19 heavy (non-hydrogen) atoms. The second-order valence-electron chi connectivity index (χ2n) is 4.03. The predicted octanol–water partition coefficient (Wildman–Crippen LogP) is 1.89. The zero-order valence-corrected chi connectivity index (χ0v) is 10.5. The second kappa shape index (κ2) is 4.89. The summed E-state index contributed by atoms with van der Waals surface area (Å²) in [4.78, 5) is 22.3. The first-order valence-electron chi connectivity index (χ1n) is 5.54. The van der Waals surface area contributed by atoms with E-state index in [1.807, 2.05) is 0 Å². The monoisotopic (exact) mass is 260 g/mol. The number of nitro benzene ring substituents is 1. The van der Waals surface area contributed by atoms with E-state index in [0.29, 0.717) is 11.4 Å². The van der Waals surface area contributed by atoms with E-state index in [0.717, 1.165) is 0 Å². The molecule has 1 N–H and O–H groups in total. The van der Waals surface area contributed by atoms with Crippen LogP contribution in [0.1, 0.15) is 16.1 Å². The van der Waals surface area contributed by atoms with Gasteiger partial charge in [0.05, 0.1) is 16.3 Å². The minimum atomic E-state index is -0.578. The Hall–Kier alpha value is -2.70. The molecule has 0 unspecified atom stereocenters. The van der Waals surface area contributed by atoms with Crippen molar-refractivity contribution in [1.29, 1.82) is 0 Å². The SMILES string of the molecule is Cc1nn(C)cc1NC(=O)c1ccccc1[N+](=O)[O-].